The summed E-state index contributed by atoms with van der Waals surface area (Å²) in [6.07, 6.45) is 2.27. The fourth-order valence-electron chi connectivity index (χ4n) is 5.99. The molecule has 2 heterocycles. The lowest BCUT2D eigenvalue weighted by molar-refractivity contribution is 0.0409. The highest BCUT2D eigenvalue weighted by atomic mass is 16.5. The van der Waals surface area contributed by atoms with Gasteiger partial charge in [0.25, 0.3) is 11.8 Å². The molecule has 3 aromatic carbocycles. The highest BCUT2D eigenvalue weighted by Crippen LogP contribution is 2.43. The Labute approximate surface area is 204 Å². The maximum Gasteiger partial charge on any atom is 0.340 e. The van der Waals surface area contributed by atoms with Gasteiger partial charge in [-0.15, -0.1) is 0 Å². The molecule has 1 saturated heterocycles. The number of piperidine rings is 1. The first kappa shape index (κ1) is 21.7. The number of rotatable bonds is 6. The molecule has 3 aromatic rings. The van der Waals surface area contributed by atoms with Gasteiger partial charge in [0, 0.05) is 25.0 Å². The quantitative estimate of drug-likeness (QED) is 0.394. The van der Waals surface area contributed by atoms with Gasteiger partial charge in [-0.05, 0) is 48.6 Å². The van der Waals surface area contributed by atoms with Crippen molar-refractivity contribution in [3.8, 4) is 0 Å². The van der Waals surface area contributed by atoms with Crippen LogP contribution in [-0.4, -0.2) is 41.9 Å². The molecule has 0 aromatic heterocycles. The van der Waals surface area contributed by atoms with Crippen molar-refractivity contribution >= 4 is 23.5 Å². The second-order valence-electron chi connectivity index (χ2n) is 9.59. The Balaban J connectivity index is 1.17. The zero-order valence-electron chi connectivity index (χ0n) is 19.3. The van der Waals surface area contributed by atoms with Crippen LogP contribution in [0.15, 0.2) is 78.9 Å². The van der Waals surface area contributed by atoms with E-state index in [1.807, 2.05) is 6.07 Å². The Morgan fingerprint density at radius 3 is 2.23 bits per heavy atom. The number of benzene rings is 3. The fraction of sp³-hybridized carbons (Fsp3) is 0.276. The highest BCUT2D eigenvalue weighted by molar-refractivity contribution is 6.35. The van der Waals surface area contributed by atoms with Gasteiger partial charge < -0.3 is 4.74 Å². The smallest absolute Gasteiger partial charge is 0.340 e. The van der Waals surface area contributed by atoms with Crippen molar-refractivity contribution in [2.75, 3.05) is 18.1 Å². The number of carbonyl (C=O) groups excluding carboxylic acids is 3. The maximum atomic E-state index is 13.2. The van der Waals surface area contributed by atoms with Crippen LogP contribution in [-0.2, 0) is 11.3 Å². The molecule has 6 rings (SSSR count). The number of esters is 1. The average Bonchev–Trinajstić information content (AvgIpc) is 3.52. The summed E-state index contributed by atoms with van der Waals surface area (Å²) in [7, 11) is 0. The van der Waals surface area contributed by atoms with Crippen molar-refractivity contribution in [2.24, 2.45) is 11.8 Å². The molecule has 2 amide bonds. The predicted molar refractivity (Wildman–Crippen MR) is 131 cm³/mol. The zero-order valence-corrected chi connectivity index (χ0v) is 19.3. The third-order valence-electron chi connectivity index (χ3n) is 7.67. The lowest BCUT2D eigenvalue weighted by Crippen LogP contribution is -2.34. The molecule has 3 aliphatic rings. The van der Waals surface area contributed by atoms with Gasteiger partial charge in [-0.1, -0.05) is 54.6 Å². The van der Waals surface area contributed by atoms with E-state index in [1.54, 1.807) is 48.5 Å². The number of hydrogen-bond donors (Lipinski definition) is 0. The summed E-state index contributed by atoms with van der Waals surface area (Å²) in [5.74, 6) is -0.525. The second kappa shape index (κ2) is 8.78. The summed E-state index contributed by atoms with van der Waals surface area (Å²) < 4.78 is 5.82. The first-order chi connectivity index (χ1) is 17.1. The van der Waals surface area contributed by atoms with E-state index in [0.29, 0.717) is 35.6 Å². The standard InChI is InChI=1S/C29H26N2O4/c32-27-21-10-4-5-11-22(21)28(33)31(27)26-13-7-6-12-23(26)29(34)35-18-24-20-14-15-25(24)30(17-20)16-19-8-2-1-3-9-19/h1-13,20,24-25H,14-18H2. The maximum absolute atomic E-state index is 13.2. The van der Waals surface area contributed by atoms with Gasteiger partial charge >= 0.3 is 5.97 Å². The number of ether oxygens (including phenoxy) is 1. The van der Waals surface area contributed by atoms with Crippen LogP contribution in [0.5, 0.6) is 0 Å². The van der Waals surface area contributed by atoms with E-state index < -0.39 is 17.8 Å². The van der Waals surface area contributed by atoms with E-state index in [2.05, 4.69) is 29.2 Å². The minimum atomic E-state index is -0.502. The van der Waals surface area contributed by atoms with Crippen molar-refractivity contribution in [3.63, 3.8) is 0 Å². The molecule has 35 heavy (non-hydrogen) atoms. The van der Waals surface area contributed by atoms with E-state index in [0.717, 1.165) is 30.8 Å². The molecule has 6 heteroatoms. The number of amides is 2. The third kappa shape index (κ3) is 3.74. The Hall–Kier alpha value is -3.77. The molecule has 2 aliphatic heterocycles. The number of likely N-dealkylation sites (tertiary alicyclic amines) is 1. The summed E-state index contributed by atoms with van der Waals surface area (Å²) in [6.45, 7) is 2.28. The number of anilines is 1. The Morgan fingerprint density at radius 1 is 0.829 bits per heavy atom. The topological polar surface area (TPSA) is 66.9 Å². The number of fused-ring (bicyclic) bond motifs is 3. The van der Waals surface area contributed by atoms with E-state index >= 15 is 0 Å². The molecule has 2 fully saturated rings. The van der Waals surface area contributed by atoms with Crippen LogP contribution in [0.3, 0.4) is 0 Å². The molecule has 0 radical (unpaired) electrons. The van der Waals surface area contributed by atoms with Gasteiger partial charge in [0.05, 0.1) is 29.0 Å². The van der Waals surface area contributed by atoms with E-state index in [4.69, 9.17) is 4.74 Å². The fourth-order valence-corrected chi connectivity index (χ4v) is 5.99. The van der Waals surface area contributed by atoms with Gasteiger partial charge in [0.2, 0.25) is 0 Å². The van der Waals surface area contributed by atoms with Crippen LogP contribution in [0.25, 0.3) is 0 Å². The molecule has 0 spiro atoms. The van der Waals surface area contributed by atoms with Crippen LogP contribution in [0.4, 0.5) is 5.69 Å². The minimum Gasteiger partial charge on any atom is -0.462 e. The predicted octanol–water partition coefficient (Wildman–Crippen LogP) is 4.55. The van der Waals surface area contributed by atoms with Crippen molar-refractivity contribution in [1.29, 1.82) is 0 Å². The van der Waals surface area contributed by atoms with Crippen LogP contribution in [0, 0.1) is 11.8 Å². The van der Waals surface area contributed by atoms with Gasteiger partial charge in [0.15, 0.2) is 0 Å². The number of imide groups is 1. The zero-order chi connectivity index (χ0) is 23.9. The normalized spacial score (nSPS) is 23.1. The van der Waals surface area contributed by atoms with E-state index in [9.17, 15) is 14.4 Å². The first-order valence-corrected chi connectivity index (χ1v) is 12.1. The van der Waals surface area contributed by atoms with Crippen LogP contribution < -0.4 is 4.90 Å². The van der Waals surface area contributed by atoms with Crippen LogP contribution in [0.1, 0.15) is 49.5 Å². The first-order valence-electron chi connectivity index (χ1n) is 12.1. The van der Waals surface area contributed by atoms with Gasteiger partial charge in [-0.2, -0.15) is 0 Å². The van der Waals surface area contributed by atoms with Crippen molar-refractivity contribution < 1.29 is 19.1 Å². The average molecular weight is 467 g/mol. The molecule has 6 nitrogen and oxygen atoms in total. The Morgan fingerprint density at radius 2 is 1.49 bits per heavy atom. The van der Waals surface area contributed by atoms with E-state index in [-0.39, 0.29) is 11.3 Å². The molecular weight excluding hydrogens is 440 g/mol. The summed E-state index contributed by atoms with van der Waals surface area (Å²) >= 11 is 0. The Bertz CT molecular complexity index is 1270. The van der Waals surface area contributed by atoms with Crippen molar-refractivity contribution in [2.45, 2.75) is 25.4 Å². The SMILES string of the molecule is O=C(OCC1C2CCC1N(Cc1ccccc1)C2)c1ccccc1N1C(=O)c2ccccc2C1=O. The molecule has 0 N–H and O–H groups in total. The lowest BCUT2D eigenvalue weighted by atomic mass is 9.99. The molecule has 2 bridgehead atoms. The molecule has 3 unspecified atom stereocenters. The Kier molecular flexibility index (Phi) is 5.46. The largest absolute Gasteiger partial charge is 0.462 e. The van der Waals surface area contributed by atoms with Crippen molar-refractivity contribution in [1.82, 2.24) is 4.90 Å². The number of hydrogen-bond acceptors (Lipinski definition) is 5. The van der Waals surface area contributed by atoms with E-state index in [1.165, 1.54) is 5.56 Å². The number of nitrogens with zero attached hydrogens (tertiary/aromatic N) is 2. The molecular formula is C29H26N2O4. The molecule has 3 atom stereocenters. The third-order valence-corrected chi connectivity index (χ3v) is 7.67. The van der Waals surface area contributed by atoms with Crippen LogP contribution in [0.2, 0.25) is 0 Å². The van der Waals surface area contributed by atoms with Crippen LogP contribution >= 0.6 is 0 Å². The number of carbonyl (C=O) groups is 3. The monoisotopic (exact) mass is 466 g/mol. The van der Waals surface area contributed by atoms with Crippen molar-refractivity contribution in [3.05, 3.63) is 101 Å². The molecule has 176 valence electrons. The lowest BCUT2D eigenvalue weighted by Gasteiger charge is -2.27. The van der Waals surface area contributed by atoms with Gasteiger partial charge in [-0.25, -0.2) is 9.69 Å². The summed E-state index contributed by atoms with van der Waals surface area (Å²) in [4.78, 5) is 42.7. The summed E-state index contributed by atoms with van der Waals surface area (Å²) in [5.41, 5.74) is 2.49. The minimum absolute atomic E-state index is 0.230. The molecule has 1 aliphatic carbocycles. The van der Waals surface area contributed by atoms with Gasteiger partial charge in [0.1, 0.15) is 0 Å². The highest BCUT2D eigenvalue weighted by Gasteiger charge is 2.47. The second-order valence-corrected chi connectivity index (χ2v) is 9.59. The van der Waals surface area contributed by atoms with Gasteiger partial charge in [-0.3, -0.25) is 14.5 Å². The summed E-state index contributed by atoms with van der Waals surface area (Å²) in [6, 6.07) is 24.3. The summed E-state index contributed by atoms with van der Waals surface area (Å²) in [5, 5.41) is 0. The number of para-hydroxylation sites is 1. The molecule has 1 saturated carbocycles.